The number of unbranched alkanes of at least 4 members (excludes halogenated alkanes) is 31. The van der Waals surface area contributed by atoms with E-state index in [2.05, 4.69) is 38.2 Å². The van der Waals surface area contributed by atoms with Crippen LogP contribution in [0, 0.1) is 0 Å². The standard InChI is InChI=1S/C54H105N2O7P/c1-7-10-13-16-19-22-25-27-28-29-32-34-37-40-43-46-53(57)55-51(50-62-64(59,60)61-49-48-56(4,5)6)52(45-42-39-36-33-31-26-23-20-17-14-11-8-2)63-54(58)47-44-41-38-35-30-24-21-18-15-12-9-3/h18,21,42,45,51-52H,7-17,19-20,22-41,43-44,46-50H2,1-6H3,(H-,55,57,59,60)/b21-18-,45-42+. The number of ether oxygens (including phenoxy) is 1. The molecular formula is C54H105N2O7P. The van der Waals surface area contributed by atoms with Crippen molar-refractivity contribution in [1.29, 1.82) is 0 Å². The summed E-state index contributed by atoms with van der Waals surface area (Å²) in [5, 5.41) is 3.01. The van der Waals surface area contributed by atoms with Crippen LogP contribution in [0.15, 0.2) is 24.3 Å². The topological polar surface area (TPSA) is 114 Å². The number of nitrogens with zero attached hydrogens (tertiary/aromatic N) is 1. The molecule has 0 aliphatic rings. The van der Waals surface area contributed by atoms with Crippen molar-refractivity contribution in [3.8, 4) is 0 Å². The van der Waals surface area contributed by atoms with Crippen LogP contribution in [0.4, 0.5) is 0 Å². The molecule has 0 heterocycles. The zero-order valence-electron chi connectivity index (χ0n) is 43.0. The number of esters is 1. The molecule has 0 aromatic heterocycles. The maximum atomic E-state index is 13.4. The molecule has 0 fully saturated rings. The van der Waals surface area contributed by atoms with E-state index in [1.807, 2.05) is 33.3 Å². The zero-order chi connectivity index (χ0) is 47.3. The fraction of sp³-hybridized carbons (Fsp3) is 0.889. The second kappa shape index (κ2) is 45.3. The lowest BCUT2D eigenvalue weighted by Gasteiger charge is -2.30. The van der Waals surface area contributed by atoms with Crippen LogP contribution in [0.2, 0.25) is 0 Å². The lowest BCUT2D eigenvalue weighted by atomic mass is 10.0. The van der Waals surface area contributed by atoms with E-state index in [0.29, 0.717) is 17.4 Å². The Labute approximate surface area is 396 Å². The highest BCUT2D eigenvalue weighted by Crippen LogP contribution is 2.38. The minimum Gasteiger partial charge on any atom is -0.756 e. The van der Waals surface area contributed by atoms with Crippen molar-refractivity contribution >= 4 is 19.7 Å². The Morgan fingerprint density at radius 3 is 1.38 bits per heavy atom. The van der Waals surface area contributed by atoms with Gasteiger partial charge in [0, 0.05) is 12.8 Å². The molecule has 378 valence electrons. The number of carbonyl (C=O) groups is 2. The van der Waals surface area contributed by atoms with Crippen LogP contribution in [0.25, 0.3) is 0 Å². The number of carbonyl (C=O) groups excluding carboxylic acids is 2. The molecule has 9 nitrogen and oxygen atoms in total. The highest BCUT2D eigenvalue weighted by atomic mass is 31.2. The van der Waals surface area contributed by atoms with E-state index in [9.17, 15) is 19.0 Å². The number of quaternary nitrogens is 1. The summed E-state index contributed by atoms with van der Waals surface area (Å²) in [5.41, 5.74) is 0. The van der Waals surface area contributed by atoms with E-state index in [0.717, 1.165) is 83.5 Å². The Hall–Kier alpha value is -1.51. The van der Waals surface area contributed by atoms with Crippen LogP contribution in [-0.4, -0.2) is 69.4 Å². The summed E-state index contributed by atoms with van der Waals surface area (Å²) in [6.45, 7) is 6.81. The van der Waals surface area contributed by atoms with Crippen LogP contribution in [0.1, 0.15) is 258 Å². The number of rotatable bonds is 49. The summed E-state index contributed by atoms with van der Waals surface area (Å²) in [5.74, 6) is -0.544. The second-order valence-corrected chi connectivity index (χ2v) is 21.1. The Balaban J connectivity index is 5.37. The highest BCUT2D eigenvalue weighted by molar-refractivity contribution is 7.45. The summed E-state index contributed by atoms with van der Waals surface area (Å²) in [6, 6.07) is -0.883. The van der Waals surface area contributed by atoms with Gasteiger partial charge in [-0.3, -0.25) is 14.2 Å². The largest absolute Gasteiger partial charge is 0.756 e. The number of allylic oxidation sites excluding steroid dienone is 3. The predicted molar refractivity (Wildman–Crippen MR) is 270 cm³/mol. The normalized spacial score (nSPS) is 14.0. The molecule has 3 atom stereocenters. The number of likely N-dealkylation sites (N-methyl/N-ethyl adjacent to an activating group) is 1. The average molecular weight is 925 g/mol. The van der Waals surface area contributed by atoms with E-state index in [-0.39, 0.29) is 31.5 Å². The third-order valence-electron chi connectivity index (χ3n) is 12.1. The van der Waals surface area contributed by atoms with Crippen molar-refractivity contribution in [2.24, 2.45) is 0 Å². The number of phosphoric ester groups is 1. The van der Waals surface area contributed by atoms with E-state index in [1.54, 1.807) is 0 Å². The summed E-state index contributed by atoms with van der Waals surface area (Å²) >= 11 is 0. The van der Waals surface area contributed by atoms with E-state index in [1.165, 1.54) is 141 Å². The third-order valence-corrected chi connectivity index (χ3v) is 13.1. The zero-order valence-corrected chi connectivity index (χ0v) is 43.9. The Morgan fingerprint density at radius 1 is 0.531 bits per heavy atom. The minimum absolute atomic E-state index is 0.0205. The van der Waals surface area contributed by atoms with Gasteiger partial charge in [-0.1, -0.05) is 219 Å². The summed E-state index contributed by atoms with van der Waals surface area (Å²) in [7, 11) is 1.19. The number of hydrogen-bond acceptors (Lipinski definition) is 7. The van der Waals surface area contributed by atoms with Crippen molar-refractivity contribution in [3.05, 3.63) is 24.3 Å². The number of phosphoric acid groups is 1. The quantitative estimate of drug-likeness (QED) is 0.0212. The maximum absolute atomic E-state index is 13.4. The predicted octanol–water partition coefficient (Wildman–Crippen LogP) is 15.2. The Kier molecular flexibility index (Phi) is 44.2. The monoisotopic (exact) mass is 925 g/mol. The average Bonchev–Trinajstić information content (AvgIpc) is 3.25. The molecule has 0 saturated heterocycles. The van der Waals surface area contributed by atoms with Crippen LogP contribution in [0.5, 0.6) is 0 Å². The van der Waals surface area contributed by atoms with Gasteiger partial charge in [0.05, 0.1) is 33.8 Å². The first-order valence-corrected chi connectivity index (χ1v) is 28.6. The lowest BCUT2D eigenvalue weighted by molar-refractivity contribution is -0.870. The SMILES string of the molecule is CCCC/C=C\CCCCCCCC(=O)OC(/C=C/CCCCCCCCCCCC)C(COP(=O)([O-])OCC[N+](C)(C)C)NC(=O)CCCCCCCCCCCCCCCCC. The van der Waals surface area contributed by atoms with Crippen molar-refractivity contribution in [2.75, 3.05) is 40.9 Å². The summed E-state index contributed by atoms with van der Waals surface area (Å²) < 4.78 is 30.1. The van der Waals surface area contributed by atoms with Crippen LogP contribution in [-0.2, 0) is 27.9 Å². The van der Waals surface area contributed by atoms with Crippen molar-refractivity contribution < 1.29 is 37.3 Å². The first-order valence-electron chi connectivity index (χ1n) is 27.1. The summed E-state index contributed by atoms with van der Waals surface area (Å²) in [6.07, 6.45) is 49.9. The van der Waals surface area contributed by atoms with Gasteiger partial charge in [-0.2, -0.15) is 0 Å². The molecule has 0 spiro atoms. The second-order valence-electron chi connectivity index (χ2n) is 19.7. The van der Waals surface area contributed by atoms with Gasteiger partial charge < -0.3 is 28.5 Å². The smallest absolute Gasteiger partial charge is 0.306 e. The minimum atomic E-state index is -4.68. The molecule has 0 aromatic carbocycles. The molecule has 0 aromatic rings. The van der Waals surface area contributed by atoms with E-state index >= 15 is 0 Å². The Bertz CT molecular complexity index is 1160. The molecule has 1 amide bonds. The lowest BCUT2D eigenvalue weighted by Crippen LogP contribution is -2.47. The molecular weight excluding hydrogens is 820 g/mol. The molecule has 3 unspecified atom stereocenters. The van der Waals surface area contributed by atoms with E-state index < -0.39 is 20.0 Å². The van der Waals surface area contributed by atoms with Gasteiger partial charge >= 0.3 is 5.97 Å². The number of nitrogens with one attached hydrogen (secondary N) is 1. The molecule has 1 N–H and O–H groups in total. The first-order chi connectivity index (χ1) is 30.9. The highest BCUT2D eigenvalue weighted by Gasteiger charge is 2.27. The molecule has 0 aliphatic carbocycles. The molecule has 0 radical (unpaired) electrons. The van der Waals surface area contributed by atoms with Gasteiger partial charge in [0.1, 0.15) is 19.3 Å². The number of amides is 1. The summed E-state index contributed by atoms with van der Waals surface area (Å²) in [4.78, 5) is 39.7. The van der Waals surface area contributed by atoms with Gasteiger partial charge in [0.15, 0.2) is 0 Å². The van der Waals surface area contributed by atoms with Gasteiger partial charge in [0.25, 0.3) is 7.82 Å². The van der Waals surface area contributed by atoms with Gasteiger partial charge in [-0.15, -0.1) is 0 Å². The molecule has 0 bridgehead atoms. The molecule has 0 aliphatic heterocycles. The maximum Gasteiger partial charge on any atom is 0.306 e. The number of hydrogen-bond donors (Lipinski definition) is 1. The van der Waals surface area contributed by atoms with Crippen LogP contribution in [0.3, 0.4) is 0 Å². The van der Waals surface area contributed by atoms with Crippen LogP contribution < -0.4 is 10.2 Å². The van der Waals surface area contributed by atoms with Gasteiger partial charge in [-0.25, -0.2) is 0 Å². The van der Waals surface area contributed by atoms with E-state index in [4.69, 9.17) is 13.8 Å². The fourth-order valence-corrected chi connectivity index (χ4v) is 8.58. The first kappa shape index (κ1) is 62.5. The molecule has 64 heavy (non-hydrogen) atoms. The van der Waals surface area contributed by atoms with Gasteiger partial charge in [0.2, 0.25) is 5.91 Å². The molecule has 10 heteroatoms. The van der Waals surface area contributed by atoms with Crippen molar-refractivity contribution in [1.82, 2.24) is 5.32 Å². The Morgan fingerprint density at radius 2 is 0.922 bits per heavy atom. The molecule has 0 rings (SSSR count). The van der Waals surface area contributed by atoms with Crippen molar-refractivity contribution in [2.45, 2.75) is 270 Å². The van der Waals surface area contributed by atoms with Crippen molar-refractivity contribution in [3.63, 3.8) is 0 Å². The van der Waals surface area contributed by atoms with Gasteiger partial charge in [-0.05, 0) is 51.0 Å². The molecule has 0 saturated carbocycles. The van der Waals surface area contributed by atoms with Crippen LogP contribution >= 0.6 is 7.82 Å². The third kappa shape index (κ3) is 45.6. The fourth-order valence-electron chi connectivity index (χ4n) is 7.86.